The molecule has 4 rings (SSSR count). The summed E-state index contributed by atoms with van der Waals surface area (Å²) in [5, 5.41) is 29.5. The van der Waals surface area contributed by atoms with Crippen LogP contribution >= 0.6 is 0 Å². The number of carbonyl (C=O) groups is 3. The molecule has 1 aliphatic rings. The highest BCUT2D eigenvalue weighted by molar-refractivity contribution is 5.96. The lowest BCUT2D eigenvalue weighted by Gasteiger charge is -2.27. The van der Waals surface area contributed by atoms with E-state index in [0.717, 1.165) is 0 Å². The number of carboxylic acids is 2. The van der Waals surface area contributed by atoms with Crippen LogP contribution in [0.25, 0.3) is 0 Å². The third-order valence-electron chi connectivity index (χ3n) is 5.17. The second-order valence-electron chi connectivity index (χ2n) is 7.91. The van der Waals surface area contributed by atoms with E-state index >= 15 is 0 Å². The molecule has 3 aromatic rings. The monoisotopic (exact) mass is 513 g/mol. The molecule has 1 amide bonds. The van der Waals surface area contributed by atoms with Crippen LogP contribution in [0.15, 0.2) is 47.8 Å². The van der Waals surface area contributed by atoms with Crippen LogP contribution in [0.4, 0.5) is 23.1 Å². The van der Waals surface area contributed by atoms with Crippen LogP contribution < -0.4 is 32.6 Å². The van der Waals surface area contributed by atoms with Crippen LogP contribution in [0.5, 0.6) is 0 Å². The Morgan fingerprint density at radius 2 is 1.95 bits per heavy atom. The first-order valence-corrected chi connectivity index (χ1v) is 11.1. The van der Waals surface area contributed by atoms with Crippen LogP contribution in [0, 0.1) is 0 Å². The minimum absolute atomic E-state index is 0.0281. The van der Waals surface area contributed by atoms with Crippen LogP contribution in [0.3, 0.4) is 0 Å². The van der Waals surface area contributed by atoms with E-state index in [1.807, 2.05) is 0 Å². The Bertz CT molecular complexity index is 1240. The fourth-order valence-corrected chi connectivity index (χ4v) is 3.32. The smallest absolute Gasteiger partial charge is 0.326 e. The number of aliphatic carboxylic acids is 2. The normalized spacial score (nSPS) is 14.4. The summed E-state index contributed by atoms with van der Waals surface area (Å²) in [6.45, 7) is 0.977. The van der Waals surface area contributed by atoms with Gasteiger partial charge in [0.05, 0.1) is 12.4 Å². The first kappa shape index (κ1) is 26.5. The van der Waals surface area contributed by atoms with Crippen molar-refractivity contribution in [1.82, 2.24) is 25.3 Å². The lowest BCUT2D eigenvalue weighted by Crippen LogP contribution is -2.41. The number of nitrogen functional groups attached to an aromatic ring is 1. The number of hydrogen-bond acceptors (Lipinski definition) is 10. The summed E-state index contributed by atoms with van der Waals surface area (Å²) in [5.74, 6) is -2.55. The van der Waals surface area contributed by atoms with Crippen LogP contribution in [0.2, 0.25) is 0 Å². The quantitative estimate of drug-likeness (QED) is 0.185. The van der Waals surface area contributed by atoms with Gasteiger partial charge < -0.3 is 47.2 Å². The highest BCUT2D eigenvalue weighted by Crippen LogP contribution is 2.20. The zero-order chi connectivity index (χ0) is 26.8. The second-order valence-corrected chi connectivity index (χ2v) is 7.91. The van der Waals surface area contributed by atoms with Gasteiger partial charge in [0.1, 0.15) is 17.5 Å². The van der Waals surface area contributed by atoms with Gasteiger partial charge in [0.2, 0.25) is 5.95 Å². The summed E-state index contributed by atoms with van der Waals surface area (Å²) >= 11 is 0. The average Bonchev–Trinajstić information content (AvgIpc) is 3.46. The van der Waals surface area contributed by atoms with E-state index in [1.165, 1.54) is 12.1 Å². The fourth-order valence-electron chi connectivity index (χ4n) is 3.32. The average molecular weight is 514 g/mol. The molecular weight excluding hydrogens is 486 g/mol. The van der Waals surface area contributed by atoms with Crippen LogP contribution in [-0.2, 0) is 9.59 Å². The molecule has 0 spiro atoms. The van der Waals surface area contributed by atoms with Crippen molar-refractivity contribution in [2.24, 2.45) is 0 Å². The number of hydrogen-bond donors (Lipinski definition) is 9. The minimum Gasteiger partial charge on any atom is -0.481 e. The molecule has 3 heterocycles. The highest BCUT2D eigenvalue weighted by Gasteiger charge is 2.22. The number of rotatable bonds is 9. The molecule has 0 radical (unpaired) electrons. The maximum absolute atomic E-state index is 12.3. The Hall–Kier alpha value is -5.08. The molecule has 15 nitrogen and oxygen atoms in total. The molecule has 0 saturated heterocycles. The van der Waals surface area contributed by atoms with E-state index in [4.69, 9.17) is 15.9 Å². The topological polar surface area (TPSA) is 240 Å². The van der Waals surface area contributed by atoms with Crippen molar-refractivity contribution in [3.05, 3.63) is 58.9 Å². The van der Waals surface area contributed by atoms with Gasteiger partial charge in [-0.3, -0.25) is 14.4 Å². The van der Waals surface area contributed by atoms with Gasteiger partial charge >= 0.3 is 11.9 Å². The second kappa shape index (κ2) is 12.6. The number of anilines is 4. The standard InChI is InChI=1S/C19H23N7O6.C3H4N2/c20-19-25-15-14(17(30)26-19)23-11(8-22-15)7-21-10-3-1-9(2-4-10)16(29)24-12(18(31)32)5-6-13(27)28;1-2-5-3-4-1/h1-4,11-12,21,23H,5-8H2,(H,24,29)(H,27,28)(H,31,32)(H4,20,22,25,26,30);1-3H,(H,4,5)/t11-,12+;/m1./s1. The third-order valence-corrected chi connectivity index (χ3v) is 5.17. The number of aromatic nitrogens is 4. The largest absolute Gasteiger partial charge is 0.481 e. The molecule has 0 saturated carbocycles. The summed E-state index contributed by atoms with van der Waals surface area (Å²) in [4.78, 5) is 59.0. The number of H-pyrrole nitrogens is 2. The van der Waals surface area contributed by atoms with Gasteiger partial charge in [0.15, 0.2) is 0 Å². The van der Waals surface area contributed by atoms with E-state index in [-0.39, 0.29) is 30.4 Å². The van der Waals surface area contributed by atoms with Gasteiger partial charge in [0, 0.05) is 43.2 Å². The Balaban J connectivity index is 0.000000678. The van der Waals surface area contributed by atoms with Gasteiger partial charge in [-0.25, -0.2) is 9.78 Å². The lowest BCUT2D eigenvalue weighted by molar-refractivity contribution is -0.140. The number of carbonyl (C=O) groups excluding carboxylic acids is 1. The van der Waals surface area contributed by atoms with Crippen molar-refractivity contribution in [1.29, 1.82) is 0 Å². The molecule has 2 atom stereocenters. The van der Waals surface area contributed by atoms with Gasteiger partial charge in [0.25, 0.3) is 11.5 Å². The number of nitrogens with zero attached hydrogens (tertiary/aromatic N) is 2. The molecule has 0 bridgehead atoms. The summed E-state index contributed by atoms with van der Waals surface area (Å²) in [5.41, 5.74) is 6.31. The summed E-state index contributed by atoms with van der Waals surface area (Å²) in [7, 11) is 0. The first-order chi connectivity index (χ1) is 17.7. The molecule has 196 valence electrons. The molecule has 0 fully saturated rings. The number of nitrogens with two attached hydrogens (primary N) is 1. The van der Waals surface area contributed by atoms with Crippen LogP contribution in [0.1, 0.15) is 23.2 Å². The SMILES string of the molecule is Nc1nc(=O)c2c([nH]1)NC[C@@H](CNc1ccc(C(=O)N[C@@H](CCC(=O)O)C(=O)O)cc1)N2.c1c[nH]cn1. The maximum Gasteiger partial charge on any atom is 0.326 e. The number of carboxylic acid groups (broad SMARTS) is 2. The summed E-state index contributed by atoms with van der Waals surface area (Å²) < 4.78 is 0. The van der Waals surface area contributed by atoms with Crippen molar-refractivity contribution < 1.29 is 24.6 Å². The molecule has 1 aliphatic heterocycles. The third kappa shape index (κ3) is 7.98. The predicted molar refractivity (Wildman–Crippen MR) is 134 cm³/mol. The molecule has 2 aromatic heterocycles. The number of imidazole rings is 1. The van der Waals surface area contributed by atoms with E-state index in [2.05, 4.69) is 41.2 Å². The van der Waals surface area contributed by atoms with E-state index in [0.29, 0.717) is 30.3 Å². The summed E-state index contributed by atoms with van der Waals surface area (Å²) in [6.07, 6.45) is 4.50. The van der Waals surface area contributed by atoms with E-state index in [9.17, 15) is 19.2 Å². The molecule has 1 aromatic carbocycles. The van der Waals surface area contributed by atoms with E-state index in [1.54, 1.807) is 30.9 Å². The van der Waals surface area contributed by atoms with Crippen LogP contribution in [-0.4, -0.2) is 73.2 Å². The van der Waals surface area contributed by atoms with Crippen molar-refractivity contribution in [3.63, 3.8) is 0 Å². The molecule has 0 aliphatic carbocycles. The Labute approximate surface area is 209 Å². The van der Waals surface area contributed by atoms with Gasteiger partial charge in [-0.2, -0.15) is 4.98 Å². The van der Waals surface area contributed by atoms with Gasteiger partial charge in [-0.15, -0.1) is 0 Å². The number of nitrogens with one attached hydrogen (secondary N) is 6. The van der Waals surface area contributed by atoms with Crippen molar-refractivity contribution in [2.75, 3.05) is 34.8 Å². The van der Waals surface area contributed by atoms with E-state index < -0.39 is 29.4 Å². The zero-order valence-corrected chi connectivity index (χ0v) is 19.5. The van der Waals surface area contributed by atoms with Crippen molar-refractivity contribution >= 4 is 41.0 Å². The summed E-state index contributed by atoms with van der Waals surface area (Å²) in [6, 6.07) is 4.93. The van der Waals surface area contributed by atoms with Gasteiger partial charge in [-0.05, 0) is 30.7 Å². The van der Waals surface area contributed by atoms with Crippen molar-refractivity contribution in [3.8, 4) is 0 Å². The predicted octanol–water partition coefficient (Wildman–Crippen LogP) is 0.128. The molecule has 10 N–H and O–H groups in total. The molecule has 0 unspecified atom stereocenters. The highest BCUT2D eigenvalue weighted by atomic mass is 16.4. The fraction of sp³-hybridized carbons (Fsp3) is 0.273. The first-order valence-electron chi connectivity index (χ1n) is 11.1. The number of aromatic amines is 2. The Morgan fingerprint density at radius 1 is 1.19 bits per heavy atom. The van der Waals surface area contributed by atoms with Crippen molar-refractivity contribution in [2.45, 2.75) is 24.9 Å². The number of amides is 1. The number of fused-ring (bicyclic) bond motifs is 1. The Kier molecular flexibility index (Phi) is 9.01. The lowest BCUT2D eigenvalue weighted by atomic mass is 10.1. The van der Waals surface area contributed by atoms with Gasteiger partial charge in [-0.1, -0.05) is 0 Å². The number of benzene rings is 1. The molecule has 37 heavy (non-hydrogen) atoms. The Morgan fingerprint density at radius 3 is 2.54 bits per heavy atom. The maximum atomic E-state index is 12.3. The molecular formula is C22H27N9O6. The minimum atomic E-state index is -1.30. The zero-order valence-electron chi connectivity index (χ0n) is 19.5. The molecule has 15 heteroatoms.